The van der Waals surface area contributed by atoms with Crippen LogP contribution in [-0.4, -0.2) is 42.5 Å². The number of anilines is 1. The van der Waals surface area contributed by atoms with Crippen LogP contribution in [0, 0.1) is 0 Å². The van der Waals surface area contributed by atoms with E-state index in [4.69, 9.17) is 0 Å². The van der Waals surface area contributed by atoms with Crippen molar-refractivity contribution in [1.82, 2.24) is 9.29 Å². The third-order valence-corrected chi connectivity index (χ3v) is 5.70. The average Bonchev–Trinajstić information content (AvgIpc) is 3.03. The van der Waals surface area contributed by atoms with E-state index in [1.165, 1.54) is 15.6 Å². The Morgan fingerprint density at radius 3 is 2.90 bits per heavy atom. The van der Waals surface area contributed by atoms with E-state index in [-0.39, 0.29) is 5.91 Å². The molecule has 1 N–H and O–H groups in total. The molecule has 21 heavy (non-hydrogen) atoms. The second-order valence-electron chi connectivity index (χ2n) is 5.01. The third-order valence-electron chi connectivity index (χ3n) is 3.46. The van der Waals surface area contributed by atoms with E-state index in [1.54, 1.807) is 0 Å². The fourth-order valence-corrected chi connectivity index (χ4v) is 4.51. The van der Waals surface area contributed by atoms with Gasteiger partial charge < -0.3 is 5.32 Å². The number of aromatic nitrogens is 1. The molecule has 1 aliphatic heterocycles. The van der Waals surface area contributed by atoms with Gasteiger partial charge in [-0.25, -0.2) is 13.4 Å². The molecule has 0 saturated carbocycles. The number of benzene rings is 1. The highest BCUT2D eigenvalue weighted by atomic mass is 32.2. The number of hydrogen-bond acceptors (Lipinski definition) is 5. The van der Waals surface area contributed by atoms with Crippen LogP contribution in [0.15, 0.2) is 24.3 Å². The molecule has 0 bridgehead atoms. The molecule has 2 aromatic rings. The van der Waals surface area contributed by atoms with Gasteiger partial charge in [0.05, 0.1) is 16.5 Å². The molecule has 0 aliphatic carbocycles. The second-order valence-corrected chi connectivity index (χ2v) is 7.97. The van der Waals surface area contributed by atoms with Gasteiger partial charge >= 0.3 is 0 Å². The van der Waals surface area contributed by atoms with E-state index in [0.717, 1.165) is 16.5 Å². The molecule has 2 heterocycles. The fraction of sp³-hybridized carbons (Fsp3) is 0.385. The first-order chi connectivity index (χ1) is 9.95. The maximum Gasteiger partial charge on any atom is 0.244 e. The van der Waals surface area contributed by atoms with E-state index in [2.05, 4.69) is 10.3 Å². The first kappa shape index (κ1) is 14.4. The van der Waals surface area contributed by atoms with Crippen molar-refractivity contribution in [2.24, 2.45) is 0 Å². The summed E-state index contributed by atoms with van der Waals surface area (Å²) in [4.78, 5) is 16.6. The fourth-order valence-electron chi connectivity index (χ4n) is 2.51. The van der Waals surface area contributed by atoms with Crippen LogP contribution in [0.4, 0.5) is 5.13 Å². The van der Waals surface area contributed by atoms with Crippen LogP contribution in [-0.2, 0) is 14.8 Å². The Kier molecular flexibility index (Phi) is 3.68. The minimum Gasteiger partial charge on any atom is -0.301 e. The van der Waals surface area contributed by atoms with Crippen LogP contribution >= 0.6 is 11.3 Å². The zero-order valence-corrected chi connectivity index (χ0v) is 13.1. The Bertz CT molecular complexity index is 752. The molecule has 1 aromatic carbocycles. The van der Waals surface area contributed by atoms with Gasteiger partial charge in [-0.3, -0.25) is 4.79 Å². The minimum absolute atomic E-state index is 0.308. The van der Waals surface area contributed by atoms with Crippen molar-refractivity contribution in [2.45, 2.75) is 18.9 Å². The largest absolute Gasteiger partial charge is 0.301 e. The molecule has 0 radical (unpaired) electrons. The molecule has 1 aromatic heterocycles. The van der Waals surface area contributed by atoms with Gasteiger partial charge in [0.1, 0.15) is 6.04 Å². The quantitative estimate of drug-likeness (QED) is 0.931. The number of nitrogens with one attached hydrogen (secondary N) is 1. The van der Waals surface area contributed by atoms with Crippen molar-refractivity contribution in [3.63, 3.8) is 0 Å². The van der Waals surface area contributed by atoms with E-state index in [9.17, 15) is 13.2 Å². The Balaban J connectivity index is 1.79. The van der Waals surface area contributed by atoms with Crippen LogP contribution in [0.25, 0.3) is 10.2 Å². The normalized spacial score (nSPS) is 20.0. The first-order valence-electron chi connectivity index (χ1n) is 6.58. The number of sulfonamides is 1. The molecule has 6 nitrogen and oxygen atoms in total. The Morgan fingerprint density at radius 1 is 1.43 bits per heavy atom. The summed E-state index contributed by atoms with van der Waals surface area (Å²) >= 11 is 1.38. The average molecular weight is 325 g/mol. The summed E-state index contributed by atoms with van der Waals surface area (Å²) in [5.74, 6) is -0.308. The zero-order chi connectivity index (χ0) is 15.0. The van der Waals surface area contributed by atoms with Crippen molar-refractivity contribution in [3.05, 3.63) is 24.3 Å². The lowest BCUT2D eigenvalue weighted by Gasteiger charge is -2.20. The van der Waals surface area contributed by atoms with Gasteiger partial charge in [0.25, 0.3) is 0 Å². The number of amides is 1. The van der Waals surface area contributed by atoms with E-state index >= 15 is 0 Å². The molecular formula is C13H15N3O3S2. The zero-order valence-electron chi connectivity index (χ0n) is 11.4. The van der Waals surface area contributed by atoms with Gasteiger partial charge in [-0.05, 0) is 25.0 Å². The maximum absolute atomic E-state index is 12.3. The molecule has 1 fully saturated rings. The topological polar surface area (TPSA) is 79.4 Å². The molecule has 0 spiro atoms. The van der Waals surface area contributed by atoms with Crippen LogP contribution in [0.2, 0.25) is 0 Å². The lowest BCUT2D eigenvalue weighted by atomic mass is 10.2. The number of para-hydroxylation sites is 1. The van der Waals surface area contributed by atoms with Crippen molar-refractivity contribution in [3.8, 4) is 0 Å². The molecule has 1 atom stereocenters. The number of nitrogens with zero attached hydrogens (tertiary/aromatic N) is 2. The molecule has 8 heteroatoms. The molecule has 3 rings (SSSR count). The summed E-state index contributed by atoms with van der Waals surface area (Å²) in [7, 11) is -3.36. The second kappa shape index (κ2) is 5.36. The minimum atomic E-state index is -3.36. The maximum atomic E-state index is 12.3. The van der Waals surface area contributed by atoms with E-state index in [1.807, 2.05) is 24.3 Å². The van der Waals surface area contributed by atoms with Crippen molar-refractivity contribution < 1.29 is 13.2 Å². The number of fused-ring (bicyclic) bond motifs is 1. The van der Waals surface area contributed by atoms with Crippen LogP contribution in [0.5, 0.6) is 0 Å². The van der Waals surface area contributed by atoms with Crippen molar-refractivity contribution in [2.75, 3.05) is 18.1 Å². The lowest BCUT2D eigenvalue weighted by Crippen LogP contribution is -2.42. The summed E-state index contributed by atoms with van der Waals surface area (Å²) in [6.45, 7) is 0.400. The molecule has 112 valence electrons. The third kappa shape index (κ3) is 2.92. The van der Waals surface area contributed by atoms with Crippen molar-refractivity contribution in [1.29, 1.82) is 0 Å². The monoisotopic (exact) mass is 325 g/mol. The number of carbonyl (C=O) groups is 1. The molecule has 1 saturated heterocycles. The summed E-state index contributed by atoms with van der Waals surface area (Å²) in [6.07, 6.45) is 2.38. The first-order valence-corrected chi connectivity index (χ1v) is 9.25. The van der Waals surface area contributed by atoms with Gasteiger partial charge in [0.15, 0.2) is 5.13 Å². The van der Waals surface area contributed by atoms with E-state index in [0.29, 0.717) is 24.5 Å². The molecule has 0 unspecified atom stereocenters. The Hall–Kier alpha value is -1.51. The van der Waals surface area contributed by atoms with Crippen LogP contribution in [0.1, 0.15) is 12.8 Å². The molecular weight excluding hydrogens is 310 g/mol. The summed E-state index contributed by atoms with van der Waals surface area (Å²) in [5.41, 5.74) is 0.823. The van der Waals surface area contributed by atoms with Gasteiger partial charge in [-0.15, -0.1) is 0 Å². The lowest BCUT2D eigenvalue weighted by molar-refractivity contribution is -0.119. The van der Waals surface area contributed by atoms with Gasteiger partial charge in [0.2, 0.25) is 15.9 Å². The highest BCUT2D eigenvalue weighted by Crippen LogP contribution is 2.27. The van der Waals surface area contributed by atoms with Gasteiger partial charge in [0, 0.05) is 6.54 Å². The highest BCUT2D eigenvalue weighted by molar-refractivity contribution is 7.88. The predicted octanol–water partition coefficient (Wildman–Crippen LogP) is 1.66. The van der Waals surface area contributed by atoms with Crippen LogP contribution < -0.4 is 5.32 Å². The predicted molar refractivity (Wildman–Crippen MR) is 82.8 cm³/mol. The Labute approximate surface area is 126 Å². The summed E-state index contributed by atoms with van der Waals surface area (Å²) in [5, 5.41) is 3.24. The number of hydrogen-bond donors (Lipinski definition) is 1. The van der Waals surface area contributed by atoms with Crippen molar-refractivity contribution >= 4 is 42.6 Å². The Morgan fingerprint density at radius 2 is 2.19 bits per heavy atom. The molecule has 1 aliphatic rings. The van der Waals surface area contributed by atoms with E-state index < -0.39 is 16.1 Å². The number of carbonyl (C=O) groups excluding carboxylic acids is 1. The number of rotatable bonds is 3. The summed E-state index contributed by atoms with van der Waals surface area (Å²) in [6, 6.07) is 6.97. The SMILES string of the molecule is CS(=O)(=O)N1CCC[C@@H]1C(=O)Nc1nc2ccccc2s1. The summed E-state index contributed by atoms with van der Waals surface area (Å²) < 4.78 is 25.6. The molecule has 1 amide bonds. The van der Waals surface area contributed by atoms with Gasteiger partial charge in [-0.1, -0.05) is 23.5 Å². The smallest absolute Gasteiger partial charge is 0.244 e. The number of thiazole rings is 1. The standard InChI is InChI=1S/C13H15N3O3S2/c1-21(18,19)16-8-4-6-10(16)12(17)15-13-14-9-5-2-3-7-11(9)20-13/h2-3,5,7,10H,4,6,8H2,1H3,(H,14,15,17)/t10-/m1/s1. The van der Waals surface area contributed by atoms with Crippen LogP contribution in [0.3, 0.4) is 0 Å². The van der Waals surface area contributed by atoms with Gasteiger partial charge in [-0.2, -0.15) is 4.31 Å². The highest BCUT2D eigenvalue weighted by Gasteiger charge is 2.36.